The van der Waals surface area contributed by atoms with Gasteiger partial charge in [0.2, 0.25) is 0 Å². The number of aromatic nitrogens is 3. The van der Waals surface area contributed by atoms with Gasteiger partial charge in [0.1, 0.15) is 0 Å². The Morgan fingerprint density at radius 3 is 1.62 bits per heavy atom. The van der Waals surface area contributed by atoms with Gasteiger partial charge in [0.25, 0.3) is 0 Å². The normalized spacial score (nSPS) is 15.1. The lowest BCUT2D eigenvalue weighted by atomic mass is 9.62. The summed E-state index contributed by atoms with van der Waals surface area (Å²) in [6, 6.07) is 83.9. The van der Waals surface area contributed by atoms with Crippen LogP contribution in [0.5, 0.6) is 0 Å². The van der Waals surface area contributed by atoms with E-state index in [4.69, 9.17) is 0 Å². The molecule has 0 fully saturated rings. The second-order valence-corrected chi connectivity index (χ2v) is 18.7. The van der Waals surface area contributed by atoms with Gasteiger partial charge in [0.05, 0.1) is 44.2 Å². The molecule has 3 nitrogen and oxygen atoms in total. The van der Waals surface area contributed by atoms with Gasteiger partial charge in [-0.05, 0) is 100 Å². The average Bonchev–Trinajstić information content (AvgIpc) is 4.01. The second kappa shape index (κ2) is 13.0. The van der Waals surface area contributed by atoms with Crippen molar-refractivity contribution in [1.82, 2.24) is 13.7 Å². The number of hydrogen-bond acceptors (Lipinski definition) is 1. The molecule has 1 atom stereocenters. The topological polar surface area (TPSA) is 14.8 Å². The number of nitrogens with zero attached hydrogens (tertiary/aromatic N) is 3. The van der Waals surface area contributed by atoms with E-state index in [1.165, 1.54) is 114 Å². The van der Waals surface area contributed by atoms with Crippen LogP contribution in [0.1, 0.15) is 22.3 Å². The Bertz CT molecular complexity index is 4150. The lowest BCUT2D eigenvalue weighted by Crippen LogP contribution is -2.37. The molecule has 0 amide bonds. The van der Waals surface area contributed by atoms with E-state index in [0.29, 0.717) is 0 Å². The molecular weight excluding hydrogens is 807 g/mol. The zero-order chi connectivity index (χ0) is 42.4. The molecule has 10 aromatic carbocycles. The van der Waals surface area contributed by atoms with Gasteiger partial charge in [-0.1, -0.05) is 169 Å². The minimum absolute atomic E-state index is 0.574. The van der Waals surface area contributed by atoms with Crippen LogP contribution in [0.4, 0.5) is 0 Å². The van der Waals surface area contributed by atoms with Crippen molar-refractivity contribution in [3.8, 4) is 28.2 Å². The highest BCUT2D eigenvalue weighted by atomic mass is 32.2. The number of fused-ring (bicyclic) bond motifs is 17. The van der Waals surface area contributed by atoms with Crippen LogP contribution in [0, 0.1) is 0 Å². The maximum atomic E-state index is 2.56. The number of para-hydroxylation sites is 5. The zero-order valence-electron chi connectivity index (χ0n) is 35.1. The molecule has 1 unspecified atom stereocenters. The molecule has 5 heterocycles. The zero-order valence-corrected chi connectivity index (χ0v) is 35.9. The summed E-state index contributed by atoms with van der Waals surface area (Å²) in [6.07, 6.45) is 0. The number of benzene rings is 10. The molecule has 1 spiro atoms. The maximum absolute atomic E-state index is 2.56. The van der Waals surface area contributed by atoms with Crippen molar-refractivity contribution in [3.05, 3.63) is 247 Å². The second-order valence-electron chi connectivity index (χ2n) is 17.6. The van der Waals surface area contributed by atoms with E-state index in [0.717, 1.165) is 11.4 Å². The molecule has 15 rings (SSSR count). The van der Waals surface area contributed by atoms with E-state index in [2.05, 4.69) is 238 Å². The summed E-state index contributed by atoms with van der Waals surface area (Å²) in [6.45, 7) is 0. The predicted octanol–water partition coefficient (Wildman–Crippen LogP) is 15.8. The van der Waals surface area contributed by atoms with Crippen LogP contribution in [0.25, 0.3) is 93.6 Å². The van der Waals surface area contributed by atoms with E-state index < -0.39 is 5.41 Å². The van der Waals surface area contributed by atoms with Crippen molar-refractivity contribution in [2.24, 2.45) is 0 Å². The molecule has 3 aromatic heterocycles. The van der Waals surface area contributed by atoms with Crippen LogP contribution < -0.4 is 0 Å². The van der Waals surface area contributed by atoms with Crippen molar-refractivity contribution in [2.75, 3.05) is 0 Å². The average molecular weight is 844 g/mol. The SMILES string of the molecule is c1ccc(-c2ccc(-n3c4ccccc4c4ccc(-n5c6ccccc6c6cc7c(cc65)C5(c6ccccc6S7)c6ccccc6-n6c7ccccc7c7cccc5c76)cc43)cc2)cc1. The first-order valence-corrected chi connectivity index (χ1v) is 23.2. The standard InChI is InChI=1S/C61H37N3S/c1-2-15-38(16-3-1)39-29-31-40(32-30-39)62-52-24-9-4-17-42(52)45-34-33-41(35-56(45)62)63-53-25-10-6-19-44(53)47-36-59-51(37-57(47)63)61(49-22-8-13-28-58(49)65-59)48-21-7-12-27-55(48)64-54-26-11-5-18-43(54)46-20-14-23-50(61)60(46)64/h1-37H. The molecule has 0 saturated heterocycles. The predicted molar refractivity (Wildman–Crippen MR) is 271 cm³/mol. The molecule has 0 bridgehead atoms. The van der Waals surface area contributed by atoms with Crippen molar-refractivity contribution in [2.45, 2.75) is 15.2 Å². The summed E-state index contributed by atoms with van der Waals surface area (Å²) < 4.78 is 7.50. The highest BCUT2D eigenvalue weighted by molar-refractivity contribution is 7.99. The third-order valence-electron chi connectivity index (χ3n) is 14.5. The molecule has 2 aliphatic heterocycles. The molecule has 0 N–H and O–H groups in total. The Morgan fingerprint density at radius 2 is 0.831 bits per heavy atom. The maximum Gasteiger partial charge on any atom is 0.0765 e. The summed E-state index contributed by atoms with van der Waals surface area (Å²) in [7, 11) is 0. The highest BCUT2D eigenvalue weighted by Gasteiger charge is 2.49. The van der Waals surface area contributed by atoms with E-state index >= 15 is 0 Å². The van der Waals surface area contributed by atoms with Gasteiger partial charge in [0.15, 0.2) is 0 Å². The van der Waals surface area contributed by atoms with Crippen LogP contribution in [0.2, 0.25) is 0 Å². The smallest absolute Gasteiger partial charge is 0.0765 e. The minimum atomic E-state index is -0.574. The third-order valence-corrected chi connectivity index (χ3v) is 15.6. The van der Waals surface area contributed by atoms with E-state index in [-0.39, 0.29) is 0 Å². The van der Waals surface area contributed by atoms with Crippen molar-refractivity contribution >= 4 is 77.2 Å². The molecular formula is C61H37N3S. The molecule has 0 radical (unpaired) electrons. The largest absolute Gasteiger partial charge is 0.309 e. The highest BCUT2D eigenvalue weighted by Crippen LogP contribution is 2.61. The first-order chi connectivity index (χ1) is 32.3. The molecule has 65 heavy (non-hydrogen) atoms. The fourth-order valence-corrected chi connectivity index (χ4v) is 13.1. The fraction of sp³-hybridized carbons (Fsp3) is 0.0164. The lowest BCUT2D eigenvalue weighted by Gasteiger charge is -2.45. The summed E-state index contributed by atoms with van der Waals surface area (Å²) >= 11 is 1.91. The van der Waals surface area contributed by atoms with E-state index in [1.807, 2.05) is 11.8 Å². The Hall–Kier alpha value is -8.05. The molecule has 2 aliphatic rings. The first kappa shape index (κ1) is 35.4. The molecule has 0 saturated carbocycles. The van der Waals surface area contributed by atoms with Crippen LogP contribution in [-0.2, 0) is 5.41 Å². The summed E-state index contributed by atoms with van der Waals surface area (Å²) in [4.78, 5) is 2.60. The van der Waals surface area contributed by atoms with Crippen molar-refractivity contribution < 1.29 is 0 Å². The summed E-state index contributed by atoms with van der Waals surface area (Å²) in [5, 5.41) is 7.57. The minimum Gasteiger partial charge on any atom is -0.309 e. The lowest BCUT2D eigenvalue weighted by molar-refractivity contribution is 0.690. The number of rotatable bonds is 3. The Kier molecular flexibility index (Phi) is 7.09. The van der Waals surface area contributed by atoms with Crippen molar-refractivity contribution in [1.29, 1.82) is 0 Å². The quantitative estimate of drug-likeness (QED) is 0.173. The van der Waals surface area contributed by atoms with Gasteiger partial charge in [-0.15, -0.1) is 0 Å². The number of hydrogen-bond donors (Lipinski definition) is 0. The van der Waals surface area contributed by atoms with Gasteiger partial charge in [0, 0.05) is 53.5 Å². The fourth-order valence-electron chi connectivity index (χ4n) is 11.9. The van der Waals surface area contributed by atoms with Crippen LogP contribution in [0.3, 0.4) is 0 Å². The van der Waals surface area contributed by atoms with E-state index in [9.17, 15) is 0 Å². The summed E-state index contributed by atoms with van der Waals surface area (Å²) in [5.41, 5.74) is 18.0. The van der Waals surface area contributed by atoms with Gasteiger partial charge < -0.3 is 13.7 Å². The van der Waals surface area contributed by atoms with Crippen LogP contribution in [-0.4, -0.2) is 13.7 Å². The van der Waals surface area contributed by atoms with Gasteiger partial charge in [-0.25, -0.2) is 0 Å². The molecule has 0 aliphatic carbocycles. The summed E-state index contributed by atoms with van der Waals surface area (Å²) in [5.74, 6) is 0. The Balaban J connectivity index is 1.03. The molecule has 302 valence electrons. The van der Waals surface area contributed by atoms with Crippen LogP contribution in [0.15, 0.2) is 234 Å². The molecule has 4 heteroatoms. The first-order valence-electron chi connectivity index (χ1n) is 22.4. The Labute approximate surface area is 379 Å². The van der Waals surface area contributed by atoms with Crippen LogP contribution >= 0.6 is 11.8 Å². The van der Waals surface area contributed by atoms with E-state index in [1.54, 1.807) is 0 Å². The third kappa shape index (κ3) is 4.61. The Morgan fingerprint density at radius 1 is 0.292 bits per heavy atom. The van der Waals surface area contributed by atoms with Gasteiger partial charge >= 0.3 is 0 Å². The van der Waals surface area contributed by atoms with Crippen molar-refractivity contribution in [3.63, 3.8) is 0 Å². The van der Waals surface area contributed by atoms with Gasteiger partial charge in [-0.3, -0.25) is 0 Å². The van der Waals surface area contributed by atoms with Gasteiger partial charge in [-0.2, -0.15) is 0 Å². The molecule has 13 aromatic rings. The monoisotopic (exact) mass is 843 g/mol.